The summed E-state index contributed by atoms with van der Waals surface area (Å²) in [4.78, 5) is 24.8. The summed E-state index contributed by atoms with van der Waals surface area (Å²) in [6.45, 7) is 0.481. The van der Waals surface area contributed by atoms with Crippen LogP contribution in [0.4, 0.5) is 0 Å². The van der Waals surface area contributed by atoms with Gasteiger partial charge in [0, 0.05) is 6.54 Å². The molecule has 1 atom stereocenters. The Labute approximate surface area is 120 Å². The van der Waals surface area contributed by atoms with Gasteiger partial charge in [0.05, 0.1) is 25.3 Å². The molecule has 1 N–H and O–H groups in total. The third-order valence-electron chi connectivity index (χ3n) is 3.04. The van der Waals surface area contributed by atoms with Crippen molar-refractivity contribution < 1.29 is 24.2 Å². The summed E-state index contributed by atoms with van der Waals surface area (Å²) in [5.41, 5.74) is 0.239. The second kappa shape index (κ2) is 6.11. The van der Waals surface area contributed by atoms with E-state index < -0.39 is 12.1 Å². The van der Waals surface area contributed by atoms with Gasteiger partial charge in [-0.15, -0.1) is 0 Å². The zero-order valence-electron chi connectivity index (χ0n) is 10.8. The average molecular weight is 300 g/mol. The molecule has 1 heterocycles. The van der Waals surface area contributed by atoms with Crippen molar-refractivity contribution >= 4 is 23.5 Å². The van der Waals surface area contributed by atoms with Gasteiger partial charge in [-0.3, -0.25) is 4.79 Å². The van der Waals surface area contributed by atoms with Gasteiger partial charge in [-0.05, 0) is 12.1 Å². The van der Waals surface area contributed by atoms with E-state index in [0.29, 0.717) is 12.3 Å². The molecule has 108 valence electrons. The van der Waals surface area contributed by atoms with Crippen LogP contribution in [0.1, 0.15) is 10.4 Å². The van der Waals surface area contributed by atoms with Gasteiger partial charge in [0.2, 0.25) is 0 Å². The van der Waals surface area contributed by atoms with Crippen LogP contribution < -0.4 is 4.74 Å². The number of carboxylic acids is 1. The van der Waals surface area contributed by atoms with Crippen LogP contribution in [-0.4, -0.2) is 54.8 Å². The maximum atomic E-state index is 12.5. The van der Waals surface area contributed by atoms with Crippen molar-refractivity contribution in [3.8, 4) is 5.75 Å². The van der Waals surface area contributed by atoms with Gasteiger partial charge in [-0.2, -0.15) is 0 Å². The van der Waals surface area contributed by atoms with Gasteiger partial charge in [0.1, 0.15) is 11.3 Å². The molecule has 1 amide bonds. The van der Waals surface area contributed by atoms with Crippen molar-refractivity contribution in [1.29, 1.82) is 0 Å². The van der Waals surface area contributed by atoms with Crippen molar-refractivity contribution in [3.05, 3.63) is 28.8 Å². The Balaban J connectivity index is 2.25. The molecule has 1 fully saturated rings. The van der Waals surface area contributed by atoms with Crippen molar-refractivity contribution in [3.63, 3.8) is 0 Å². The molecule has 2 rings (SSSR count). The third-order valence-corrected chi connectivity index (χ3v) is 3.35. The molecule has 0 aromatic heterocycles. The Bertz CT molecular complexity index is 533. The number of morpholine rings is 1. The minimum absolute atomic E-state index is 0.0114. The quantitative estimate of drug-likeness (QED) is 0.910. The van der Waals surface area contributed by atoms with Gasteiger partial charge in [-0.1, -0.05) is 17.7 Å². The molecule has 0 bridgehead atoms. The Morgan fingerprint density at radius 1 is 1.50 bits per heavy atom. The minimum atomic E-state index is -1.09. The van der Waals surface area contributed by atoms with E-state index in [-0.39, 0.29) is 29.6 Å². The molecule has 20 heavy (non-hydrogen) atoms. The highest BCUT2D eigenvalue weighted by atomic mass is 35.5. The number of benzene rings is 1. The number of aliphatic carboxylic acids is 1. The molecule has 1 aliphatic rings. The highest BCUT2D eigenvalue weighted by Gasteiger charge is 2.31. The summed E-state index contributed by atoms with van der Waals surface area (Å²) < 4.78 is 10.2. The first-order valence-corrected chi connectivity index (χ1v) is 6.38. The van der Waals surface area contributed by atoms with E-state index in [2.05, 4.69) is 0 Å². The summed E-state index contributed by atoms with van der Waals surface area (Å²) in [6, 6.07) is 4.90. The monoisotopic (exact) mass is 299 g/mol. The fraction of sp³-hybridized carbons (Fsp3) is 0.385. The summed E-state index contributed by atoms with van der Waals surface area (Å²) in [6.07, 6.45) is -1.01. The Kier molecular flexibility index (Phi) is 4.46. The summed E-state index contributed by atoms with van der Waals surface area (Å²) in [5.74, 6) is -1.09. The van der Waals surface area contributed by atoms with Gasteiger partial charge in [0.25, 0.3) is 5.91 Å². The first-order valence-electron chi connectivity index (χ1n) is 6.00. The molecule has 0 saturated carbocycles. The van der Waals surface area contributed by atoms with Gasteiger partial charge in [0.15, 0.2) is 6.10 Å². The molecule has 1 aliphatic heterocycles. The lowest BCUT2D eigenvalue weighted by atomic mass is 10.1. The number of hydrogen-bond acceptors (Lipinski definition) is 4. The van der Waals surface area contributed by atoms with Crippen LogP contribution in [0.2, 0.25) is 5.02 Å². The highest BCUT2D eigenvalue weighted by Crippen LogP contribution is 2.28. The second-order valence-electron chi connectivity index (χ2n) is 4.27. The number of hydrogen-bond donors (Lipinski definition) is 1. The first kappa shape index (κ1) is 14.6. The van der Waals surface area contributed by atoms with Crippen LogP contribution in [0.3, 0.4) is 0 Å². The molecular weight excluding hydrogens is 286 g/mol. The van der Waals surface area contributed by atoms with Crippen LogP contribution in [0.5, 0.6) is 5.75 Å². The lowest BCUT2D eigenvalue weighted by Gasteiger charge is -2.31. The number of carbonyl (C=O) groups is 2. The van der Waals surface area contributed by atoms with E-state index >= 15 is 0 Å². The molecule has 1 aromatic rings. The molecule has 0 unspecified atom stereocenters. The average Bonchev–Trinajstić information content (AvgIpc) is 2.46. The Morgan fingerprint density at radius 2 is 2.25 bits per heavy atom. The Hall–Kier alpha value is -1.79. The number of rotatable bonds is 3. The lowest BCUT2D eigenvalue weighted by molar-refractivity contribution is -0.154. The molecule has 1 saturated heterocycles. The van der Waals surface area contributed by atoms with Crippen LogP contribution in [0.15, 0.2) is 18.2 Å². The van der Waals surface area contributed by atoms with E-state index in [1.54, 1.807) is 18.2 Å². The molecule has 0 radical (unpaired) electrons. The maximum Gasteiger partial charge on any atom is 0.334 e. The van der Waals surface area contributed by atoms with E-state index in [1.165, 1.54) is 12.0 Å². The molecular formula is C13H14ClNO5. The molecule has 0 spiro atoms. The highest BCUT2D eigenvalue weighted by molar-refractivity contribution is 6.34. The van der Waals surface area contributed by atoms with E-state index in [1.807, 2.05) is 0 Å². The Morgan fingerprint density at radius 3 is 2.90 bits per heavy atom. The number of carbonyl (C=O) groups excluding carboxylic acids is 1. The van der Waals surface area contributed by atoms with Gasteiger partial charge < -0.3 is 19.5 Å². The smallest absolute Gasteiger partial charge is 0.334 e. The largest absolute Gasteiger partial charge is 0.496 e. The van der Waals surface area contributed by atoms with Crippen LogP contribution >= 0.6 is 11.6 Å². The predicted octanol–water partition coefficient (Wildman–Crippen LogP) is 1.27. The fourth-order valence-corrected chi connectivity index (χ4v) is 2.27. The van der Waals surface area contributed by atoms with Gasteiger partial charge in [-0.25, -0.2) is 4.79 Å². The SMILES string of the molecule is COc1cccc(Cl)c1C(=O)N1CCO[C@@H](C(=O)O)C1. The summed E-state index contributed by atoms with van der Waals surface area (Å²) >= 11 is 6.05. The summed E-state index contributed by atoms with van der Waals surface area (Å²) in [5, 5.41) is 9.22. The fourth-order valence-electron chi connectivity index (χ4n) is 2.02. The topological polar surface area (TPSA) is 76.1 Å². The molecule has 7 heteroatoms. The number of ether oxygens (including phenoxy) is 2. The summed E-state index contributed by atoms with van der Waals surface area (Å²) in [7, 11) is 1.45. The minimum Gasteiger partial charge on any atom is -0.496 e. The predicted molar refractivity (Wildman–Crippen MR) is 71.3 cm³/mol. The van der Waals surface area contributed by atoms with Crippen LogP contribution in [0, 0.1) is 0 Å². The van der Waals surface area contributed by atoms with Crippen molar-refractivity contribution in [1.82, 2.24) is 4.90 Å². The number of nitrogens with zero attached hydrogens (tertiary/aromatic N) is 1. The lowest BCUT2D eigenvalue weighted by Crippen LogP contribution is -2.48. The van der Waals surface area contributed by atoms with E-state index in [4.69, 9.17) is 26.2 Å². The number of amides is 1. The third kappa shape index (κ3) is 2.86. The number of methoxy groups -OCH3 is 1. The zero-order valence-corrected chi connectivity index (χ0v) is 11.6. The van der Waals surface area contributed by atoms with Crippen molar-refractivity contribution in [2.75, 3.05) is 26.8 Å². The molecule has 0 aliphatic carbocycles. The first-order chi connectivity index (χ1) is 9.54. The van der Waals surface area contributed by atoms with Crippen LogP contribution in [-0.2, 0) is 9.53 Å². The van der Waals surface area contributed by atoms with Crippen molar-refractivity contribution in [2.45, 2.75) is 6.10 Å². The maximum absolute atomic E-state index is 12.5. The standard InChI is InChI=1S/C13H14ClNO5/c1-19-9-4-2-3-8(14)11(9)12(16)15-5-6-20-10(7-15)13(17)18/h2-4,10H,5-7H2,1H3,(H,17,18)/t10-/m1/s1. The second-order valence-corrected chi connectivity index (χ2v) is 4.67. The number of carboxylic acid groups (broad SMARTS) is 1. The number of halogens is 1. The molecule has 6 nitrogen and oxygen atoms in total. The van der Waals surface area contributed by atoms with Crippen molar-refractivity contribution in [2.24, 2.45) is 0 Å². The van der Waals surface area contributed by atoms with E-state index in [0.717, 1.165) is 0 Å². The van der Waals surface area contributed by atoms with E-state index in [9.17, 15) is 9.59 Å². The van der Waals surface area contributed by atoms with Crippen LogP contribution in [0.25, 0.3) is 0 Å². The van der Waals surface area contributed by atoms with Gasteiger partial charge >= 0.3 is 5.97 Å². The normalized spacial score (nSPS) is 18.7. The zero-order chi connectivity index (χ0) is 14.7. The molecule has 1 aromatic carbocycles.